The third-order valence-electron chi connectivity index (χ3n) is 6.37. The molecule has 0 unspecified atom stereocenters. The number of carbonyl (C=O) groups is 3. The monoisotopic (exact) mass is 498 g/mol. The first-order valence-electron chi connectivity index (χ1n) is 11.8. The largest absolute Gasteiger partial charge is 0.451 e. The third-order valence-corrected chi connectivity index (χ3v) is 7.75. The van der Waals surface area contributed by atoms with Crippen LogP contribution < -0.4 is 5.32 Å². The lowest BCUT2D eigenvalue weighted by Gasteiger charge is -2.52. The van der Waals surface area contributed by atoms with Crippen LogP contribution in [0.5, 0.6) is 0 Å². The van der Waals surface area contributed by atoms with Crippen LogP contribution in [0, 0.1) is 0 Å². The number of benzene rings is 3. The summed E-state index contributed by atoms with van der Waals surface area (Å²) < 4.78 is 6.04. The fraction of sp³-hybridized carbons (Fsp3) is 0.207. The minimum Gasteiger partial charge on any atom is -0.451 e. The third kappa shape index (κ3) is 4.79. The number of carbonyl (C=O) groups excluding carboxylic acids is 3. The lowest BCUT2D eigenvalue weighted by Crippen LogP contribution is -2.74. The van der Waals surface area contributed by atoms with E-state index >= 15 is 0 Å². The Morgan fingerprint density at radius 2 is 1.50 bits per heavy atom. The van der Waals surface area contributed by atoms with Gasteiger partial charge in [0.2, 0.25) is 11.8 Å². The van der Waals surface area contributed by atoms with E-state index in [2.05, 4.69) is 11.9 Å². The lowest BCUT2D eigenvalue weighted by atomic mass is 9.97. The highest BCUT2D eigenvalue weighted by Crippen LogP contribution is 2.41. The number of hydrogen-bond acceptors (Lipinski definition) is 5. The van der Waals surface area contributed by atoms with Gasteiger partial charge in [0.1, 0.15) is 11.4 Å². The molecule has 0 saturated carbocycles. The number of amides is 2. The summed E-state index contributed by atoms with van der Waals surface area (Å²) in [6.07, 6.45) is -0.422. The van der Waals surface area contributed by atoms with Crippen LogP contribution in [-0.4, -0.2) is 45.9 Å². The molecule has 2 amide bonds. The molecule has 3 atom stereocenters. The van der Waals surface area contributed by atoms with Crippen LogP contribution >= 0.6 is 11.8 Å². The molecule has 1 N–H and O–H groups in total. The van der Waals surface area contributed by atoms with Gasteiger partial charge in [-0.05, 0) is 22.3 Å². The Balaban J connectivity index is 1.30. The minimum atomic E-state index is -0.888. The van der Waals surface area contributed by atoms with Crippen LogP contribution in [0.15, 0.2) is 103 Å². The van der Waals surface area contributed by atoms with Gasteiger partial charge in [-0.25, -0.2) is 4.79 Å². The van der Waals surface area contributed by atoms with E-state index in [0.717, 1.165) is 16.7 Å². The van der Waals surface area contributed by atoms with E-state index in [1.54, 1.807) is 0 Å². The van der Waals surface area contributed by atoms with Crippen molar-refractivity contribution in [3.63, 3.8) is 0 Å². The van der Waals surface area contributed by atoms with Gasteiger partial charge in [-0.2, -0.15) is 0 Å². The van der Waals surface area contributed by atoms with Crippen molar-refractivity contribution < 1.29 is 19.1 Å². The number of β-lactam (4-membered cyclic amide) rings is 1. The fourth-order valence-corrected chi connectivity index (χ4v) is 5.89. The Labute approximate surface area is 214 Å². The highest BCUT2D eigenvalue weighted by atomic mass is 32.2. The summed E-state index contributed by atoms with van der Waals surface area (Å²) >= 11 is 1.50. The Bertz CT molecular complexity index is 1230. The maximum atomic E-state index is 13.5. The molecule has 2 fully saturated rings. The molecule has 2 saturated heterocycles. The van der Waals surface area contributed by atoms with Gasteiger partial charge in [0.05, 0.1) is 6.42 Å². The van der Waals surface area contributed by atoms with Crippen molar-refractivity contribution in [3.05, 3.63) is 120 Å². The number of nitrogens with one attached hydrogen (secondary N) is 1. The number of rotatable bonds is 7. The van der Waals surface area contributed by atoms with E-state index in [4.69, 9.17) is 4.74 Å². The fourth-order valence-electron chi connectivity index (χ4n) is 4.59. The van der Waals surface area contributed by atoms with Crippen LogP contribution in [0.1, 0.15) is 22.8 Å². The number of esters is 1. The molecule has 0 spiro atoms. The maximum Gasteiger partial charge on any atom is 0.334 e. The van der Waals surface area contributed by atoms with Gasteiger partial charge in [-0.3, -0.25) is 9.59 Å². The summed E-state index contributed by atoms with van der Waals surface area (Å²) in [7, 11) is 0. The zero-order valence-corrected chi connectivity index (χ0v) is 20.4. The van der Waals surface area contributed by atoms with E-state index in [0.29, 0.717) is 11.3 Å². The quantitative estimate of drug-likeness (QED) is 0.304. The molecule has 7 heteroatoms. The van der Waals surface area contributed by atoms with Crippen LogP contribution in [0.4, 0.5) is 0 Å². The molecule has 0 aliphatic carbocycles. The van der Waals surface area contributed by atoms with Crippen LogP contribution in [0.25, 0.3) is 0 Å². The summed E-state index contributed by atoms with van der Waals surface area (Å²) in [5.41, 5.74) is 3.16. The first-order chi connectivity index (χ1) is 17.5. The summed E-state index contributed by atoms with van der Waals surface area (Å²) in [5.74, 6) is -0.546. The van der Waals surface area contributed by atoms with E-state index in [1.165, 1.54) is 16.7 Å². The Morgan fingerprint density at radius 3 is 2.08 bits per heavy atom. The minimum absolute atomic E-state index is 0.190. The zero-order valence-electron chi connectivity index (χ0n) is 19.6. The lowest BCUT2D eigenvalue weighted by molar-refractivity contribution is -0.165. The van der Waals surface area contributed by atoms with Gasteiger partial charge < -0.3 is 15.0 Å². The van der Waals surface area contributed by atoms with Crippen LogP contribution in [0.3, 0.4) is 0 Å². The molecule has 5 rings (SSSR count). The average molecular weight is 499 g/mol. The van der Waals surface area contributed by atoms with Gasteiger partial charge in [0.15, 0.2) is 12.1 Å². The van der Waals surface area contributed by atoms with Crippen molar-refractivity contribution in [1.29, 1.82) is 0 Å². The van der Waals surface area contributed by atoms with Crippen LogP contribution in [0.2, 0.25) is 0 Å². The Hall–Kier alpha value is -3.84. The number of fused-ring (bicyclic) bond motifs is 1. The average Bonchev–Trinajstić information content (AvgIpc) is 2.91. The molecule has 0 aromatic heterocycles. The second-order valence-corrected chi connectivity index (χ2v) is 9.96. The molecule has 3 aromatic carbocycles. The van der Waals surface area contributed by atoms with Gasteiger partial charge in [-0.1, -0.05) is 97.6 Å². The molecule has 36 heavy (non-hydrogen) atoms. The summed E-state index contributed by atoms with van der Waals surface area (Å²) in [4.78, 5) is 40.7. The van der Waals surface area contributed by atoms with Crippen molar-refractivity contribution in [2.24, 2.45) is 0 Å². The predicted molar refractivity (Wildman–Crippen MR) is 139 cm³/mol. The first-order valence-corrected chi connectivity index (χ1v) is 12.8. The Kier molecular flexibility index (Phi) is 6.91. The van der Waals surface area contributed by atoms with Crippen molar-refractivity contribution >= 4 is 29.5 Å². The van der Waals surface area contributed by atoms with Crippen molar-refractivity contribution in [1.82, 2.24) is 10.2 Å². The first kappa shape index (κ1) is 23.9. The summed E-state index contributed by atoms with van der Waals surface area (Å²) in [5, 5.41) is 2.51. The Morgan fingerprint density at radius 1 is 0.944 bits per heavy atom. The second-order valence-electron chi connectivity index (χ2n) is 8.85. The maximum absolute atomic E-state index is 13.5. The predicted octanol–water partition coefficient (Wildman–Crippen LogP) is 3.89. The van der Waals surface area contributed by atoms with Gasteiger partial charge in [-0.15, -0.1) is 11.8 Å². The standard InChI is InChI=1S/C29H26N2O4S/c1-19-18-36-28-24(30-23(32)17-20-11-5-2-6-12-20)27(33)31(28)25(19)29(34)35-26(21-13-7-3-8-14-21)22-15-9-4-10-16-22/h2-16,24-26,28H,1,17-18H2,(H,30,32)/t24-,25-,28+/m1/s1. The van der Waals surface area contributed by atoms with E-state index in [1.807, 2.05) is 91.0 Å². The number of thioether (sulfide) groups is 1. The molecule has 0 radical (unpaired) electrons. The topological polar surface area (TPSA) is 75.7 Å². The molecule has 2 heterocycles. The van der Waals surface area contributed by atoms with Crippen molar-refractivity contribution in [2.75, 3.05) is 5.75 Å². The zero-order chi connectivity index (χ0) is 25.1. The normalized spacial score (nSPS) is 20.9. The van der Waals surface area contributed by atoms with Gasteiger partial charge >= 0.3 is 5.97 Å². The van der Waals surface area contributed by atoms with E-state index < -0.39 is 24.2 Å². The highest BCUT2D eigenvalue weighted by molar-refractivity contribution is 8.00. The molecule has 2 aliphatic rings. The number of hydrogen-bond donors (Lipinski definition) is 1. The number of ether oxygens (including phenoxy) is 1. The summed E-state index contributed by atoms with van der Waals surface area (Å²) in [6, 6.07) is 26.8. The highest BCUT2D eigenvalue weighted by Gasteiger charge is 2.56. The molecule has 182 valence electrons. The molecule has 3 aromatic rings. The van der Waals surface area contributed by atoms with Gasteiger partial charge in [0, 0.05) is 5.75 Å². The molecular formula is C29H26N2O4S. The molecular weight excluding hydrogens is 472 g/mol. The number of nitrogens with zero attached hydrogens (tertiary/aromatic N) is 1. The molecule has 6 nitrogen and oxygen atoms in total. The van der Waals surface area contributed by atoms with Crippen molar-refractivity contribution in [3.8, 4) is 0 Å². The van der Waals surface area contributed by atoms with E-state index in [9.17, 15) is 14.4 Å². The SMILES string of the molecule is C=C1CS[C@H]2[C@H](NC(=O)Cc3ccccc3)C(=O)N2[C@H]1C(=O)OC(c1ccccc1)c1ccccc1. The van der Waals surface area contributed by atoms with Crippen LogP contribution in [-0.2, 0) is 25.5 Å². The van der Waals surface area contributed by atoms with Crippen molar-refractivity contribution in [2.45, 2.75) is 30.0 Å². The van der Waals surface area contributed by atoms with E-state index in [-0.39, 0.29) is 23.6 Å². The summed E-state index contributed by atoms with van der Waals surface area (Å²) in [6.45, 7) is 4.06. The second kappa shape index (κ2) is 10.4. The molecule has 0 bridgehead atoms. The van der Waals surface area contributed by atoms with Gasteiger partial charge in [0.25, 0.3) is 0 Å². The molecule has 2 aliphatic heterocycles. The smallest absolute Gasteiger partial charge is 0.334 e.